The number of nitrogens with zero attached hydrogens (tertiary/aromatic N) is 2. The fourth-order valence-electron chi connectivity index (χ4n) is 2.74. The molecule has 0 aliphatic carbocycles. The van der Waals surface area contributed by atoms with Gasteiger partial charge in [-0.25, -0.2) is 4.79 Å². The Balaban J connectivity index is 1.48. The van der Waals surface area contributed by atoms with Crippen LogP contribution in [-0.4, -0.2) is 60.7 Å². The molecule has 1 aromatic rings. The van der Waals surface area contributed by atoms with Gasteiger partial charge in [-0.2, -0.15) is 0 Å². The molecule has 0 aromatic heterocycles. The largest absolute Gasteiger partial charge is 0.415 e. The van der Waals surface area contributed by atoms with Gasteiger partial charge in [0.1, 0.15) is 11.9 Å². The summed E-state index contributed by atoms with van der Waals surface area (Å²) in [5.41, 5.74) is 0. The molecule has 0 radical (unpaired) electrons. The fourth-order valence-corrected chi connectivity index (χ4v) is 2.74. The third-order valence-corrected chi connectivity index (χ3v) is 4.00. The van der Waals surface area contributed by atoms with Crippen molar-refractivity contribution in [1.82, 2.24) is 9.80 Å². The molecule has 1 atom stereocenters. The smallest absolute Gasteiger partial charge is 0.410 e. The van der Waals surface area contributed by atoms with Gasteiger partial charge in [0.2, 0.25) is 0 Å². The van der Waals surface area contributed by atoms with Crippen molar-refractivity contribution in [1.29, 1.82) is 0 Å². The van der Waals surface area contributed by atoms with Gasteiger partial charge in [-0.05, 0) is 25.0 Å². The summed E-state index contributed by atoms with van der Waals surface area (Å²) >= 11 is 0. The van der Waals surface area contributed by atoms with E-state index in [2.05, 4.69) is 0 Å². The maximum atomic E-state index is 12.2. The Morgan fingerprint density at radius 3 is 2.36 bits per heavy atom. The van der Waals surface area contributed by atoms with E-state index in [9.17, 15) is 9.59 Å². The van der Waals surface area contributed by atoms with Crippen LogP contribution < -0.4 is 4.74 Å². The molecule has 2 aliphatic heterocycles. The van der Waals surface area contributed by atoms with E-state index in [1.165, 1.54) is 0 Å². The molecule has 0 N–H and O–H groups in total. The first kappa shape index (κ1) is 14.8. The number of carbonyl (C=O) groups is 2. The number of benzene rings is 1. The highest BCUT2D eigenvalue weighted by Gasteiger charge is 2.31. The molecule has 1 aromatic carbocycles. The lowest BCUT2D eigenvalue weighted by atomic mass is 10.2. The van der Waals surface area contributed by atoms with Gasteiger partial charge in [0.25, 0.3) is 5.91 Å². The van der Waals surface area contributed by atoms with Crippen molar-refractivity contribution in [2.45, 2.75) is 18.9 Å². The van der Waals surface area contributed by atoms with E-state index < -0.39 is 0 Å². The molecular weight excluding hydrogens is 284 g/mol. The Kier molecular flexibility index (Phi) is 4.58. The molecule has 2 fully saturated rings. The Morgan fingerprint density at radius 2 is 1.73 bits per heavy atom. The summed E-state index contributed by atoms with van der Waals surface area (Å²) in [4.78, 5) is 27.7. The normalized spacial score (nSPS) is 21.7. The molecule has 0 spiro atoms. The van der Waals surface area contributed by atoms with E-state index in [-0.39, 0.29) is 18.1 Å². The van der Waals surface area contributed by atoms with E-state index in [0.717, 1.165) is 12.8 Å². The van der Waals surface area contributed by atoms with Crippen LogP contribution in [0.4, 0.5) is 4.79 Å². The minimum Gasteiger partial charge on any atom is -0.410 e. The van der Waals surface area contributed by atoms with Gasteiger partial charge in [0.15, 0.2) is 0 Å². The molecular formula is C16H20N2O4. The van der Waals surface area contributed by atoms with Crippen molar-refractivity contribution >= 4 is 12.0 Å². The highest BCUT2D eigenvalue weighted by molar-refractivity contribution is 5.81. The van der Waals surface area contributed by atoms with Crippen molar-refractivity contribution < 1.29 is 19.1 Å². The minimum atomic E-state index is -0.365. The molecule has 2 aliphatic rings. The van der Waals surface area contributed by atoms with E-state index in [1.807, 2.05) is 18.2 Å². The number of amides is 2. The first-order valence-electron chi connectivity index (χ1n) is 7.66. The number of para-hydroxylation sites is 1. The first-order chi connectivity index (χ1) is 10.7. The molecule has 3 rings (SSSR count). The summed E-state index contributed by atoms with van der Waals surface area (Å²) in [6, 6.07) is 9.00. The van der Waals surface area contributed by atoms with Gasteiger partial charge < -0.3 is 19.3 Å². The average Bonchev–Trinajstić information content (AvgIpc) is 3.10. The summed E-state index contributed by atoms with van der Waals surface area (Å²) in [5.74, 6) is 0.582. The number of hydrogen-bond acceptors (Lipinski definition) is 4. The molecule has 118 valence electrons. The van der Waals surface area contributed by atoms with Crippen LogP contribution >= 0.6 is 0 Å². The van der Waals surface area contributed by atoms with E-state index >= 15 is 0 Å². The molecule has 2 heterocycles. The first-order valence-corrected chi connectivity index (χ1v) is 7.66. The molecule has 1 unspecified atom stereocenters. The van der Waals surface area contributed by atoms with Crippen molar-refractivity contribution in [2.24, 2.45) is 0 Å². The predicted molar refractivity (Wildman–Crippen MR) is 79.6 cm³/mol. The lowest BCUT2D eigenvalue weighted by molar-refractivity contribution is -0.142. The Hall–Kier alpha value is -2.08. The number of rotatable bonds is 2. The van der Waals surface area contributed by atoms with Crippen molar-refractivity contribution in [3.8, 4) is 5.75 Å². The van der Waals surface area contributed by atoms with Crippen molar-refractivity contribution in [3.63, 3.8) is 0 Å². The summed E-state index contributed by atoms with van der Waals surface area (Å²) in [5, 5.41) is 0. The molecule has 0 saturated carbocycles. The summed E-state index contributed by atoms with van der Waals surface area (Å²) < 4.78 is 10.7. The van der Waals surface area contributed by atoms with Gasteiger partial charge >= 0.3 is 6.09 Å². The Bertz CT molecular complexity index is 520. The second-order valence-corrected chi connectivity index (χ2v) is 5.50. The Labute approximate surface area is 129 Å². The lowest BCUT2D eigenvalue weighted by Crippen LogP contribution is -2.53. The third kappa shape index (κ3) is 3.39. The predicted octanol–water partition coefficient (Wildman–Crippen LogP) is 1.51. The average molecular weight is 304 g/mol. The topological polar surface area (TPSA) is 59.1 Å². The van der Waals surface area contributed by atoms with Crippen LogP contribution in [-0.2, 0) is 9.53 Å². The number of ether oxygens (including phenoxy) is 2. The second-order valence-electron chi connectivity index (χ2n) is 5.50. The van der Waals surface area contributed by atoms with E-state index in [4.69, 9.17) is 9.47 Å². The Morgan fingerprint density at radius 1 is 1.05 bits per heavy atom. The van der Waals surface area contributed by atoms with Crippen LogP contribution in [0.15, 0.2) is 30.3 Å². The van der Waals surface area contributed by atoms with E-state index in [0.29, 0.717) is 38.5 Å². The number of hydrogen-bond donors (Lipinski definition) is 0. The molecule has 22 heavy (non-hydrogen) atoms. The summed E-state index contributed by atoms with van der Waals surface area (Å²) in [6.07, 6.45) is 1.09. The fraction of sp³-hybridized carbons (Fsp3) is 0.500. The second kappa shape index (κ2) is 6.79. The van der Waals surface area contributed by atoms with Gasteiger partial charge in [0.05, 0.1) is 0 Å². The van der Waals surface area contributed by atoms with Crippen LogP contribution in [0.5, 0.6) is 5.75 Å². The molecule has 0 bridgehead atoms. The molecule has 6 heteroatoms. The minimum absolute atomic E-state index is 0.0496. The summed E-state index contributed by atoms with van der Waals surface area (Å²) in [6.45, 7) is 2.71. The van der Waals surface area contributed by atoms with Crippen molar-refractivity contribution in [2.75, 3.05) is 32.8 Å². The van der Waals surface area contributed by atoms with Gasteiger partial charge in [0, 0.05) is 32.8 Å². The number of piperazine rings is 1. The van der Waals surface area contributed by atoms with Crippen LogP contribution in [0.25, 0.3) is 0 Å². The molecule has 2 amide bonds. The SMILES string of the molecule is O=C(Oc1ccccc1)N1CCN(C(=O)C2CCCO2)CC1. The maximum absolute atomic E-state index is 12.2. The standard InChI is InChI=1S/C16H20N2O4/c19-15(14-7-4-12-21-14)17-8-10-18(11-9-17)16(20)22-13-5-2-1-3-6-13/h1-3,5-6,14H,4,7-12H2. The monoisotopic (exact) mass is 304 g/mol. The quantitative estimate of drug-likeness (QED) is 0.831. The van der Waals surface area contributed by atoms with Gasteiger partial charge in [-0.15, -0.1) is 0 Å². The highest BCUT2D eigenvalue weighted by atomic mass is 16.6. The lowest BCUT2D eigenvalue weighted by Gasteiger charge is -2.35. The zero-order valence-electron chi connectivity index (χ0n) is 12.4. The number of carbonyl (C=O) groups excluding carboxylic acids is 2. The zero-order valence-corrected chi connectivity index (χ0v) is 12.4. The third-order valence-electron chi connectivity index (χ3n) is 4.00. The molecule has 2 saturated heterocycles. The van der Waals surface area contributed by atoms with Crippen LogP contribution in [0.1, 0.15) is 12.8 Å². The van der Waals surface area contributed by atoms with Crippen LogP contribution in [0, 0.1) is 0 Å². The van der Waals surface area contributed by atoms with Crippen LogP contribution in [0.2, 0.25) is 0 Å². The van der Waals surface area contributed by atoms with Crippen LogP contribution in [0.3, 0.4) is 0 Å². The van der Waals surface area contributed by atoms with E-state index in [1.54, 1.807) is 21.9 Å². The molecule has 6 nitrogen and oxygen atoms in total. The summed E-state index contributed by atoms with van der Waals surface area (Å²) in [7, 11) is 0. The highest BCUT2D eigenvalue weighted by Crippen LogP contribution is 2.17. The van der Waals surface area contributed by atoms with Gasteiger partial charge in [-0.1, -0.05) is 18.2 Å². The maximum Gasteiger partial charge on any atom is 0.415 e. The van der Waals surface area contributed by atoms with Crippen molar-refractivity contribution in [3.05, 3.63) is 30.3 Å². The van der Waals surface area contributed by atoms with Gasteiger partial charge in [-0.3, -0.25) is 4.79 Å². The zero-order chi connectivity index (χ0) is 15.4.